The molecule has 2 saturated heterocycles. The number of piperidine rings is 1. The Balaban J connectivity index is 1.47. The van der Waals surface area contributed by atoms with Crippen molar-refractivity contribution in [3.63, 3.8) is 0 Å². The Morgan fingerprint density at radius 2 is 2.10 bits per heavy atom. The molecule has 0 radical (unpaired) electrons. The maximum Gasteiger partial charge on any atom is 0.274 e. The molecule has 2 atom stereocenters. The van der Waals surface area contributed by atoms with Crippen molar-refractivity contribution in [1.29, 1.82) is 0 Å². The topological polar surface area (TPSA) is 106 Å². The maximum absolute atomic E-state index is 13.1. The molecule has 0 spiro atoms. The summed E-state index contributed by atoms with van der Waals surface area (Å²) in [5.74, 6) is 0.874. The summed E-state index contributed by atoms with van der Waals surface area (Å²) < 4.78 is 1.82. The number of aromatic nitrogens is 5. The van der Waals surface area contributed by atoms with Crippen LogP contribution in [0.15, 0.2) is 30.9 Å². The lowest BCUT2D eigenvalue weighted by Gasteiger charge is -2.34. The van der Waals surface area contributed by atoms with Gasteiger partial charge in [-0.25, -0.2) is 14.5 Å². The van der Waals surface area contributed by atoms with Crippen LogP contribution >= 0.6 is 0 Å². The largest absolute Gasteiger partial charge is 0.355 e. The minimum absolute atomic E-state index is 0.0843. The molecule has 0 saturated carbocycles. The van der Waals surface area contributed by atoms with E-state index in [1.165, 1.54) is 6.20 Å². The highest BCUT2D eigenvalue weighted by Gasteiger charge is 2.31. The summed E-state index contributed by atoms with van der Waals surface area (Å²) in [6, 6.07) is 2.12. The van der Waals surface area contributed by atoms with Gasteiger partial charge in [0.25, 0.3) is 5.91 Å². The van der Waals surface area contributed by atoms with Crippen LogP contribution in [0.3, 0.4) is 0 Å². The van der Waals surface area contributed by atoms with Crippen LogP contribution in [0, 0.1) is 6.92 Å². The predicted molar refractivity (Wildman–Crippen MR) is 112 cm³/mol. The second-order valence-corrected chi connectivity index (χ2v) is 8.22. The summed E-state index contributed by atoms with van der Waals surface area (Å²) in [5, 5.41) is 4.79. The maximum atomic E-state index is 13.1. The van der Waals surface area contributed by atoms with Crippen LogP contribution in [0.1, 0.15) is 53.5 Å². The van der Waals surface area contributed by atoms with Crippen LogP contribution in [-0.2, 0) is 0 Å². The minimum Gasteiger partial charge on any atom is -0.355 e. The first kappa shape index (κ1) is 18.9. The number of amides is 1. The SMILES string of the molecule is Cc1cn2nc(C3CCCCN3C(=O)c3cnccn3)cc2nc1N1CCC(N)C1. The molecule has 2 unspecified atom stereocenters. The van der Waals surface area contributed by atoms with Crippen LogP contribution in [0.2, 0.25) is 0 Å². The standard InChI is InChI=1S/C21H26N8O/c1-14-12-29-19(25-20(14)27-9-5-15(22)13-27)10-16(26-29)18-4-2-3-8-28(18)21(30)17-11-23-6-7-24-17/h6-7,10-12,15,18H,2-5,8-9,13,22H2,1H3. The Morgan fingerprint density at radius 1 is 1.20 bits per heavy atom. The van der Waals surface area contributed by atoms with Crippen molar-refractivity contribution in [3.05, 3.63) is 47.8 Å². The van der Waals surface area contributed by atoms with Gasteiger partial charge in [0.05, 0.1) is 17.9 Å². The molecule has 1 amide bonds. The Kier molecular flexibility index (Phi) is 4.82. The van der Waals surface area contributed by atoms with Crippen LogP contribution in [0.4, 0.5) is 5.82 Å². The molecule has 3 aromatic rings. The number of rotatable bonds is 3. The van der Waals surface area contributed by atoms with Crippen molar-refractivity contribution in [2.24, 2.45) is 5.73 Å². The average Bonchev–Trinajstić information content (AvgIpc) is 3.39. The second kappa shape index (κ2) is 7.64. The molecule has 0 aliphatic carbocycles. The van der Waals surface area contributed by atoms with Crippen LogP contribution in [0.5, 0.6) is 0 Å². The van der Waals surface area contributed by atoms with E-state index in [2.05, 4.69) is 21.8 Å². The van der Waals surface area contributed by atoms with Gasteiger partial charge < -0.3 is 15.5 Å². The van der Waals surface area contributed by atoms with Gasteiger partial charge in [0, 0.05) is 55.9 Å². The van der Waals surface area contributed by atoms with Gasteiger partial charge in [-0.1, -0.05) is 0 Å². The summed E-state index contributed by atoms with van der Waals surface area (Å²) in [6.07, 6.45) is 10.6. The summed E-state index contributed by atoms with van der Waals surface area (Å²) in [7, 11) is 0. The van der Waals surface area contributed by atoms with E-state index >= 15 is 0 Å². The molecule has 30 heavy (non-hydrogen) atoms. The van der Waals surface area contributed by atoms with Crippen molar-refractivity contribution < 1.29 is 4.79 Å². The first-order chi connectivity index (χ1) is 14.6. The summed E-state index contributed by atoms with van der Waals surface area (Å²) in [5.41, 5.74) is 9.19. The summed E-state index contributed by atoms with van der Waals surface area (Å²) >= 11 is 0. The Bertz CT molecular complexity index is 1070. The first-order valence-corrected chi connectivity index (χ1v) is 10.5. The molecule has 9 heteroatoms. The molecule has 0 aromatic carbocycles. The van der Waals surface area contributed by atoms with Gasteiger partial charge in [-0.15, -0.1) is 0 Å². The lowest BCUT2D eigenvalue weighted by atomic mass is 9.99. The lowest BCUT2D eigenvalue weighted by molar-refractivity contribution is 0.0599. The molecule has 5 rings (SSSR count). The fraction of sp³-hybridized carbons (Fsp3) is 0.476. The number of nitrogens with two attached hydrogens (primary N) is 1. The number of aryl methyl sites for hydroxylation is 1. The molecular formula is C21H26N8O. The van der Waals surface area contributed by atoms with E-state index < -0.39 is 0 Å². The molecule has 2 N–H and O–H groups in total. The summed E-state index contributed by atoms with van der Waals surface area (Å²) in [6.45, 7) is 4.50. The summed E-state index contributed by atoms with van der Waals surface area (Å²) in [4.78, 5) is 30.3. The zero-order valence-electron chi connectivity index (χ0n) is 17.1. The number of hydrogen-bond donors (Lipinski definition) is 1. The molecule has 3 aromatic heterocycles. The van der Waals surface area contributed by atoms with Crippen molar-refractivity contribution in [2.75, 3.05) is 24.5 Å². The van der Waals surface area contributed by atoms with Gasteiger partial charge in [-0.05, 0) is 32.6 Å². The quantitative estimate of drug-likeness (QED) is 0.706. The van der Waals surface area contributed by atoms with E-state index in [1.54, 1.807) is 12.4 Å². The van der Waals surface area contributed by atoms with Crippen LogP contribution < -0.4 is 10.6 Å². The predicted octanol–water partition coefficient (Wildman–Crippen LogP) is 1.73. The Labute approximate surface area is 174 Å². The third-order valence-electron chi connectivity index (χ3n) is 6.04. The van der Waals surface area contributed by atoms with Crippen molar-refractivity contribution in [3.8, 4) is 0 Å². The highest BCUT2D eigenvalue weighted by atomic mass is 16.2. The van der Waals surface area contributed by atoms with Gasteiger partial charge in [-0.2, -0.15) is 5.10 Å². The van der Waals surface area contributed by atoms with E-state index in [-0.39, 0.29) is 18.0 Å². The number of fused-ring (bicyclic) bond motifs is 1. The fourth-order valence-corrected chi connectivity index (χ4v) is 4.52. The number of carbonyl (C=O) groups excluding carboxylic acids is 1. The molecule has 2 aliphatic heterocycles. The number of anilines is 1. The molecule has 9 nitrogen and oxygen atoms in total. The highest BCUT2D eigenvalue weighted by molar-refractivity contribution is 5.92. The Morgan fingerprint density at radius 3 is 2.87 bits per heavy atom. The normalized spacial score (nSPS) is 22.1. The van der Waals surface area contributed by atoms with E-state index in [1.807, 2.05) is 21.7 Å². The lowest BCUT2D eigenvalue weighted by Crippen LogP contribution is -2.39. The molecular weight excluding hydrogens is 380 g/mol. The fourth-order valence-electron chi connectivity index (χ4n) is 4.52. The van der Waals surface area contributed by atoms with Crippen molar-refractivity contribution >= 4 is 17.4 Å². The highest BCUT2D eigenvalue weighted by Crippen LogP contribution is 2.32. The smallest absolute Gasteiger partial charge is 0.274 e. The average molecular weight is 406 g/mol. The number of carbonyl (C=O) groups is 1. The number of likely N-dealkylation sites (tertiary alicyclic amines) is 1. The van der Waals surface area contributed by atoms with Gasteiger partial charge in [-0.3, -0.25) is 9.78 Å². The van der Waals surface area contributed by atoms with Gasteiger partial charge in [0.15, 0.2) is 5.65 Å². The third kappa shape index (κ3) is 3.39. The van der Waals surface area contributed by atoms with Crippen LogP contribution in [0.25, 0.3) is 5.65 Å². The molecule has 5 heterocycles. The molecule has 2 aliphatic rings. The number of nitrogens with zero attached hydrogens (tertiary/aromatic N) is 7. The van der Waals surface area contributed by atoms with Gasteiger partial charge in [0.2, 0.25) is 0 Å². The van der Waals surface area contributed by atoms with E-state index in [9.17, 15) is 4.79 Å². The minimum atomic E-state index is -0.0965. The molecule has 2 fully saturated rings. The van der Waals surface area contributed by atoms with Crippen LogP contribution in [-0.4, -0.2) is 61.0 Å². The van der Waals surface area contributed by atoms with Gasteiger partial charge in [0.1, 0.15) is 11.5 Å². The zero-order valence-corrected chi connectivity index (χ0v) is 17.1. The first-order valence-electron chi connectivity index (χ1n) is 10.5. The molecule has 156 valence electrons. The van der Waals surface area contributed by atoms with E-state index in [0.29, 0.717) is 12.2 Å². The zero-order chi connectivity index (χ0) is 20.7. The van der Waals surface area contributed by atoms with E-state index in [0.717, 1.165) is 61.5 Å². The van der Waals surface area contributed by atoms with Gasteiger partial charge >= 0.3 is 0 Å². The number of hydrogen-bond acceptors (Lipinski definition) is 7. The monoisotopic (exact) mass is 406 g/mol. The molecule has 0 bridgehead atoms. The second-order valence-electron chi connectivity index (χ2n) is 8.22. The van der Waals surface area contributed by atoms with Crippen molar-refractivity contribution in [1.82, 2.24) is 29.5 Å². The van der Waals surface area contributed by atoms with E-state index in [4.69, 9.17) is 15.8 Å². The third-order valence-corrected chi connectivity index (χ3v) is 6.04. The van der Waals surface area contributed by atoms with Crippen molar-refractivity contribution in [2.45, 2.75) is 44.7 Å². The Hall–Kier alpha value is -3.07.